The number of benzene rings is 1. The first kappa shape index (κ1) is 11.0. The number of phenolic OH excluding ortho intramolecular Hbond substituents is 1. The van der Waals surface area contributed by atoms with Crippen molar-refractivity contribution >= 4 is 5.91 Å². The van der Waals surface area contributed by atoms with Crippen molar-refractivity contribution in [3.05, 3.63) is 29.3 Å². The standard InChI is InChI=1S/C12H16N2O2/c1-8-2-3-11(15)9(4-8)6-13-10-5-12(16)14-7-10/h2-4,10,13,15H,5-7H2,1H3,(H,14,16). The lowest BCUT2D eigenvalue weighted by atomic mass is 10.1. The van der Waals surface area contributed by atoms with E-state index >= 15 is 0 Å². The summed E-state index contributed by atoms with van der Waals surface area (Å²) in [4.78, 5) is 11.0. The highest BCUT2D eigenvalue weighted by atomic mass is 16.3. The van der Waals surface area contributed by atoms with Crippen molar-refractivity contribution in [1.29, 1.82) is 0 Å². The second-order valence-electron chi connectivity index (χ2n) is 4.22. The molecule has 1 unspecified atom stereocenters. The molecule has 1 fully saturated rings. The van der Waals surface area contributed by atoms with E-state index in [1.807, 2.05) is 19.1 Å². The minimum Gasteiger partial charge on any atom is -0.508 e. The Morgan fingerprint density at radius 2 is 2.38 bits per heavy atom. The van der Waals surface area contributed by atoms with Crippen molar-refractivity contribution < 1.29 is 9.90 Å². The molecule has 3 N–H and O–H groups in total. The summed E-state index contributed by atoms with van der Waals surface area (Å²) >= 11 is 0. The fraction of sp³-hybridized carbons (Fsp3) is 0.417. The van der Waals surface area contributed by atoms with Gasteiger partial charge in [-0.25, -0.2) is 0 Å². The molecule has 86 valence electrons. The summed E-state index contributed by atoms with van der Waals surface area (Å²) in [7, 11) is 0. The number of phenols is 1. The third kappa shape index (κ3) is 2.52. The van der Waals surface area contributed by atoms with Crippen LogP contribution in [0.25, 0.3) is 0 Å². The molecule has 16 heavy (non-hydrogen) atoms. The third-order valence-corrected chi connectivity index (χ3v) is 2.79. The van der Waals surface area contributed by atoms with Gasteiger partial charge in [0.1, 0.15) is 5.75 Å². The molecular weight excluding hydrogens is 204 g/mol. The Bertz CT molecular complexity index is 404. The first-order valence-corrected chi connectivity index (χ1v) is 5.44. The smallest absolute Gasteiger partial charge is 0.221 e. The number of carbonyl (C=O) groups excluding carboxylic acids is 1. The number of nitrogens with one attached hydrogen (secondary N) is 2. The van der Waals surface area contributed by atoms with Crippen LogP contribution in [0.2, 0.25) is 0 Å². The molecule has 0 radical (unpaired) electrons. The number of amides is 1. The van der Waals surface area contributed by atoms with Gasteiger partial charge in [-0.3, -0.25) is 4.79 Å². The minimum absolute atomic E-state index is 0.0889. The van der Waals surface area contributed by atoms with Gasteiger partial charge >= 0.3 is 0 Å². The van der Waals surface area contributed by atoms with Gasteiger partial charge in [-0.15, -0.1) is 0 Å². The fourth-order valence-electron chi connectivity index (χ4n) is 1.86. The van der Waals surface area contributed by atoms with E-state index in [-0.39, 0.29) is 11.9 Å². The van der Waals surface area contributed by atoms with Crippen LogP contribution in [0.4, 0.5) is 0 Å². The zero-order valence-electron chi connectivity index (χ0n) is 9.29. The maximum atomic E-state index is 11.0. The van der Waals surface area contributed by atoms with Crippen LogP contribution in [-0.4, -0.2) is 23.6 Å². The molecule has 0 saturated carbocycles. The molecule has 1 amide bonds. The van der Waals surface area contributed by atoms with Crippen molar-refractivity contribution in [3.8, 4) is 5.75 Å². The third-order valence-electron chi connectivity index (χ3n) is 2.79. The molecule has 1 heterocycles. The molecule has 1 atom stereocenters. The summed E-state index contributed by atoms with van der Waals surface area (Å²) in [5, 5.41) is 15.7. The molecule has 1 aliphatic heterocycles. The molecule has 4 heteroatoms. The lowest BCUT2D eigenvalue weighted by Gasteiger charge is -2.11. The molecule has 0 aromatic heterocycles. The van der Waals surface area contributed by atoms with Gasteiger partial charge in [-0.2, -0.15) is 0 Å². The number of rotatable bonds is 3. The van der Waals surface area contributed by atoms with Crippen molar-refractivity contribution in [2.45, 2.75) is 25.9 Å². The lowest BCUT2D eigenvalue weighted by Crippen LogP contribution is -2.30. The van der Waals surface area contributed by atoms with Gasteiger partial charge < -0.3 is 15.7 Å². The second-order valence-corrected chi connectivity index (χ2v) is 4.22. The topological polar surface area (TPSA) is 61.4 Å². The second kappa shape index (κ2) is 4.53. The van der Waals surface area contributed by atoms with Crippen molar-refractivity contribution in [2.75, 3.05) is 6.54 Å². The van der Waals surface area contributed by atoms with E-state index in [4.69, 9.17) is 0 Å². The van der Waals surface area contributed by atoms with Gasteiger partial charge in [-0.1, -0.05) is 17.7 Å². The van der Waals surface area contributed by atoms with Crippen LogP contribution in [0.15, 0.2) is 18.2 Å². The molecule has 1 saturated heterocycles. The highest BCUT2D eigenvalue weighted by molar-refractivity contribution is 5.78. The van der Waals surface area contributed by atoms with Crippen LogP contribution in [0.5, 0.6) is 5.75 Å². The number of hydrogen-bond donors (Lipinski definition) is 3. The van der Waals surface area contributed by atoms with Gasteiger partial charge in [0.05, 0.1) is 0 Å². The molecule has 1 aromatic carbocycles. The summed E-state index contributed by atoms with van der Waals surface area (Å²) < 4.78 is 0. The Balaban J connectivity index is 1.94. The van der Waals surface area contributed by atoms with Gasteiger partial charge in [0, 0.05) is 31.1 Å². The molecule has 1 aromatic rings. The molecule has 0 spiro atoms. The number of aryl methyl sites for hydroxylation is 1. The largest absolute Gasteiger partial charge is 0.508 e. The van der Waals surface area contributed by atoms with E-state index < -0.39 is 0 Å². The highest BCUT2D eigenvalue weighted by Gasteiger charge is 2.20. The first-order chi connectivity index (χ1) is 7.65. The van der Waals surface area contributed by atoms with Crippen LogP contribution in [0.3, 0.4) is 0 Å². The van der Waals surface area contributed by atoms with Gasteiger partial charge in [0.15, 0.2) is 0 Å². The van der Waals surface area contributed by atoms with Crippen molar-refractivity contribution in [1.82, 2.24) is 10.6 Å². The summed E-state index contributed by atoms with van der Waals surface area (Å²) in [6.07, 6.45) is 0.520. The minimum atomic E-state index is 0.0889. The molecular formula is C12H16N2O2. The molecule has 4 nitrogen and oxygen atoms in total. The van der Waals surface area contributed by atoms with Gasteiger partial charge in [-0.05, 0) is 13.0 Å². The predicted octanol–water partition coefficient (Wildman–Crippen LogP) is 0.679. The first-order valence-electron chi connectivity index (χ1n) is 5.44. The molecule has 1 aliphatic rings. The van der Waals surface area contributed by atoms with Crippen LogP contribution in [0, 0.1) is 6.92 Å². The summed E-state index contributed by atoms with van der Waals surface area (Å²) in [6, 6.07) is 5.70. The number of aromatic hydroxyl groups is 1. The summed E-state index contributed by atoms with van der Waals surface area (Å²) in [5.74, 6) is 0.390. The monoisotopic (exact) mass is 220 g/mol. The highest BCUT2D eigenvalue weighted by Crippen LogP contribution is 2.18. The normalized spacial score (nSPS) is 19.8. The summed E-state index contributed by atoms with van der Waals surface area (Å²) in [6.45, 7) is 3.25. The van der Waals surface area contributed by atoms with Crippen LogP contribution in [0.1, 0.15) is 17.5 Å². The molecule has 0 bridgehead atoms. The fourth-order valence-corrected chi connectivity index (χ4v) is 1.86. The Hall–Kier alpha value is -1.55. The van der Waals surface area contributed by atoms with Crippen LogP contribution < -0.4 is 10.6 Å². The number of carbonyl (C=O) groups is 1. The molecule has 2 rings (SSSR count). The molecule has 0 aliphatic carbocycles. The van der Waals surface area contributed by atoms with Gasteiger partial charge in [0.2, 0.25) is 5.91 Å². The quantitative estimate of drug-likeness (QED) is 0.702. The Morgan fingerprint density at radius 1 is 1.56 bits per heavy atom. The SMILES string of the molecule is Cc1ccc(O)c(CNC2CNC(=O)C2)c1. The zero-order valence-corrected chi connectivity index (χ0v) is 9.29. The number of hydrogen-bond acceptors (Lipinski definition) is 3. The maximum absolute atomic E-state index is 11.0. The lowest BCUT2D eigenvalue weighted by molar-refractivity contribution is -0.119. The van der Waals surface area contributed by atoms with E-state index in [2.05, 4.69) is 10.6 Å². The van der Waals surface area contributed by atoms with E-state index in [0.717, 1.165) is 11.1 Å². The average Bonchev–Trinajstić information content (AvgIpc) is 2.66. The Labute approximate surface area is 94.7 Å². The van der Waals surface area contributed by atoms with E-state index in [9.17, 15) is 9.90 Å². The van der Waals surface area contributed by atoms with Gasteiger partial charge in [0.25, 0.3) is 0 Å². The van der Waals surface area contributed by atoms with Crippen molar-refractivity contribution in [3.63, 3.8) is 0 Å². The average molecular weight is 220 g/mol. The van der Waals surface area contributed by atoms with Crippen LogP contribution in [-0.2, 0) is 11.3 Å². The van der Waals surface area contributed by atoms with Crippen molar-refractivity contribution in [2.24, 2.45) is 0 Å². The van der Waals surface area contributed by atoms with E-state index in [1.54, 1.807) is 6.07 Å². The Kier molecular flexibility index (Phi) is 3.10. The maximum Gasteiger partial charge on any atom is 0.221 e. The van der Waals surface area contributed by atoms with E-state index in [0.29, 0.717) is 25.3 Å². The predicted molar refractivity (Wildman–Crippen MR) is 61.1 cm³/mol. The Morgan fingerprint density at radius 3 is 3.06 bits per heavy atom. The van der Waals surface area contributed by atoms with Crippen LogP contribution >= 0.6 is 0 Å². The van der Waals surface area contributed by atoms with E-state index in [1.165, 1.54) is 0 Å². The zero-order chi connectivity index (χ0) is 11.5. The summed E-state index contributed by atoms with van der Waals surface area (Å²) in [5.41, 5.74) is 1.99.